The van der Waals surface area contributed by atoms with Crippen LogP contribution in [0, 0.1) is 5.92 Å². The highest BCUT2D eigenvalue weighted by atomic mass is 16.1. The minimum atomic E-state index is -0.193. The maximum atomic E-state index is 10.8. The first-order valence-corrected chi connectivity index (χ1v) is 3.97. The molecule has 1 saturated carbocycles. The van der Waals surface area contributed by atoms with Crippen LogP contribution in [0.5, 0.6) is 0 Å². The Labute approximate surface area is 70.4 Å². The molecule has 1 heterocycles. The lowest BCUT2D eigenvalue weighted by Crippen LogP contribution is -2.14. The van der Waals surface area contributed by atoms with Gasteiger partial charge in [-0.05, 0) is 12.5 Å². The number of nitrogens with zero attached hydrogens (tertiary/aromatic N) is 2. The molecular weight excluding hydrogens is 154 g/mol. The topological polar surface area (TPSA) is 60.9 Å². The summed E-state index contributed by atoms with van der Waals surface area (Å²) >= 11 is 0. The molecule has 0 saturated heterocycles. The van der Waals surface area contributed by atoms with Gasteiger partial charge in [0.25, 0.3) is 0 Å². The van der Waals surface area contributed by atoms with E-state index in [-0.39, 0.29) is 11.8 Å². The number of aryl methyl sites for hydroxylation is 1. The SMILES string of the molecule is Cn1nccc1[C@@H]1C[C@@H]1C(N)=O. The lowest BCUT2D eigenvalue weighted by atomic mass is 10.2. The van der Waals surface area contributed by atoms with Crippen LogP contribution in [0.2, 0.25) is 0 Å². The van der Waals surface area contributed by atoms with E-state index < -0.39 is 0 Å². The minimum absolute atomic E-state index is 0.0420. The largest absolute Gasteiger partial charge is 0.369 e. The smallest absolute Gasteiger partial charge is 0.221 e. The highest BCUT2D eigenvalue weighted by Gasteiger charge is 2.44. The van der Waals surface area contributed by atoms with Gasteiger partial charge in [0.05, 0.1) is 0 Å². The predicted molar refractivity (Wildman–Crippen MR) is 43.3 cm³/mol. The van der Waals surface area contributed by atoms with Gasteiger partial charge in [0.2, 0.25) is 5.91 Å². The molecule has 1 fully saturated rings. The van der Waals surface area contributed by atoms with E-state index in [1.807, 2.05) is 13.1 Å². The van der Waals surface area contributed by atoms with Gasteiger partial charge in [-0.25, -0.2) is 0 Å². The van der Waals surface area contributed by atoms with Crippen molar-refractivity contribution in [1.82, 2.24) is 9.78 Å². The summed E-state index contributed by atoms with van der Waals surface area (Å²) in [6.07, 6.45) is 2.63. The van der Waals surface area contributed by atoms with Crippen LogP contribution in [0.1, 0.15) is 18.0 Å². The summed E-state index contributed by atoms with van der Waals surface area (Å²) in [4.78, 5) is 10.8. The Balaban J connectivity index is 2.15. The predicted octanol–water partition coefficient (Wildman–Crippen LogP) is 0.00890. The summed E-state index contributed by atoms with van der Waals surface area (Å²) in [6, 6.07) is 1.94. The van der Waals surface area contributed by atoms with Crippen LogP contribution in [-0.2, 0) is 11.8 Å². The fourth-order valence-corrected chi connectivity index (χ4v) is 1.58. The van der Waals surface area contributed by atoms with Crippen molar-refractivity contribution >= 4 is 5.91 Å². The zero-order valence-corrected chi connectivity index (χ0v) is 6.90. The lowest BCUT2D eigenvalue weighted by Gasteiger charge is -1.97. The van der Waals surface area contributed by atoms with E-state index in [9.17, 15) is 4.79 Å². The van der Waals surface area contributed by atoms with Crippen molar-refractivity contribution in [1.29, 1.82) is 0 Å². The summed E-state index contributed by atoms with van der Waals surface area (Å²) in [6.45, 7) is 0. The van der Waals surface area contributed by atoms with Crippen molar-refractivity contribution in [3.8, 4) is 0 Å². The van der Waals surface area contributed by atoms with Crippen molar-refractivity contribution in [3.05, 3.63) is 18.0 Å². The number of hydrogen-bond donors (Lipinski definition) is 1. The quantitative estimate of drug-likeness (QED) is 0.671. The van der Waals surface area contributed by atoms with Gasteiger partial charge in [0.15, 0.2) is 0 Å². The zero-order valence-electron chi connectivity index (χ0n) is 6.90. The van der Waals surface area contributed by atoms with Crippen LogP contribution in [0.3, 0.4) is 0 Å². The van der Waals surface area contributed by atoms with Gasteiger partial charge >= 0.3 is 0 Å². The Hall–Kier alpha value is -1.32. The van der Waals surface area contributed by atoms with Crippen LogP contribution in [-0.4, -0.2) is 15.7 Å². The summed E-state index contributed by atoms with van der Waals surface area (Å²) in [5, 5.41) is 4.04. The van der Waals surface area contributed by atoms with Gasteiger partial charge in [-0.2, -0.15) is 5.10 Å². The Morgan fingerprint density at radius 3 is 3.00 bits per heavy atom. The van der Waals surface area contributed by atoms with Gasteiger partial charge in [-0.15, -0.1) is 0 Å². The molecule has 1 aliphatic carbocycles. The standard InChI is InChI=1S/C8H11N3O/c1-11-7(2-3-10-11)5-4-6(5)8(9)12/h2-3,5-6H,4H2,1H3,(H2,9,12)/t5-,6+/m1/s1. The third-order valence-corrected chi connectivity index (χ3v) is 2.39. The first-order chi connectivity index (χ1) is 5.70. The Bertz CT molecular complexity index is 318. The zero-order chi connectivity index (χ0) is 8.72. The van der Waals surface area contributed by atoms with E-state index in [1.165, 1.54) is 0 Å². The first-order valence-electron chi connectivity index (χ1n) is 3.97. The molecule has 64 valence electrons. The second kappa shape index (κ2) is 2.33. The molecule has 2 rings (SSSR count). The van der Waals surface area contributed by atoms with Gasteiger partial charge in [0, 0.05) is 30.8 Å². The molecule has 2 atom stereocenters. The molecule has 0 aliphatic heterocycles. The van der Waals surface area contributed by atoms with Crippen LogP contribution in [0.25, 0.3) is 0 Å². The maximum absolute atomic E-state index is 10.8. The van der Waals surface area contributed by atoms with Gasteiger partial charge < -0.3 is 5.73 Å². The van der Waals surface area contributed by atoms with Gasteiger partial charge in [-0.1, -0.05) is 0 Å². The van der Waals surface area contributed by atoms with Crippen molar-refractivity contribution in [2.75, 3.05) is 0 Å². The number of primary amides is 1. The highest BCUT2D eigenvalue weighted by molar-refractivity contribution is 5.80. The molecule has 0 spiro atoms. The number of amides is 1. The van der Waals surface area contributed by atoms with Crippen LogP contribution >= 0.6 is 0 Å². The Morgan fingerprint density at radius 1 is 1.83 bits per heavy atom. The molecule has 4 heteroatoms. The van der Waals surface area contributed by atoms with E-state index in [1.54, 1.807) is 10.9 Å². The maximum Gasteiger partial charge on any atom is 0.221 e. The summed E-state index contributed by atoms with van der Waals surface area (Å²) in [5.74, 6) is 0.164. The second-order valence-electron chi connectivity index (χ2n) is 3.23. The van der Waals surface area contributed by atoms with Crippen molar-refractivity contribution in [2.24, 2.45) is 18.7 Å². The summed E-state index contributed by atoms with van der Waals surface area (Å²) in [7, 11) is 1.88. The van der Waals surface area contributed by atoms with E-state index >= 15 is 0 Å². The summed E-state index contributed by atoms with van der Waals surface area (Å²) in [5.41, 5.74) is 6.29. The molecule has 2 N–H and O–H groups in total. The number of hydrogen-bond acceptors (Lipinski definition) is 2. The van der Waals surface area contributed by atoms with E-state index in [0.29, 0.717) is 5.92 Å². The number of rotatable bonds is 2. The number of nitrogens with two attached hydrogens (primary N) is 1. The number of carbonyl (C=O) groups excluding carboxylic acids is 1. The monoisotopic (exact) mass is 165 g/mol. The van der Waals surface area contributed by atoms with Crippen LogP contribution in [0.4, 0.5) is 0 Å². The molecule has 1 amide bonds. The van der Waals surface area contributed by atoms with E-state index in [2.05, 4.69) is 5.10 Å². The summed E-state index contributed by atoms with van der Waals surface area (Å²) < 4.78 is 1.80. The number of carbonyl (C=O) groups is 1. The van der Waals surface area contributed by atoms with Crippen molar-refractivity contribution in [3.63, 3.8) is 0 Å². The molecule has 0 aromatic carbocycles. The molecule has 0 radical (unpaired) electrons. The van der Waals surface area contributed by atoms with Gasteiger partial charge in [0.1, 0.15) is 0 Å². The minimum Gasteiger partial charge on any atom is -0.369 e. The molecule has 0 unspecified atom stereocenters. The molecule has 12 heavy (non-hydrogen) atoms. The highest BCUT2D eigenvalue weighted by Crippen LogP contribution is 2.46. The van der Waals surface area contributed by atoms with Crippen molar-refractivity contribution < 1.29 is 4.79 Å². The molecule has 4 nitrogen and oxygen atoms in total. The van der Waals surface area contributed by atoms with Crippen molar-refractivity contribution in [2.45, 2.75) is 12.3 Å². The number of aromatic nitrogens is 2. The molecule has 1 aliphatic rings. The van der Waals surface area contributed by atoms with E-state index in [0.717, 1.165) is 12.1 Å². The van der Waals surface area contributed by atoms with E-state index in [4.69, 9.17) is 5.73 Å². The fourth-order valence-electron chi connectivity index (χ4n) is 1.58. The Kier molecular flexibility index (Phi) is 1.43. The van der Waals surface area contributed by atoms with Gasteiger partial charge in [-0.3, -0.25) is 9.48 Å². The average Bonchev–Trinajstić information content (AvgIpc) is 2.70. The average molecular weight is 165 g/mol. The Morgan fingerprint density at radius 2 is 2.58 bits per heavy atom. The molecule has 1 aromatic rings. The normalized spacial score (nSPS) is 27.1. The molecule has 0 bridgehead atoms. The molecular formula is C8H11N3O. The van der Waals surface area contributed by atoms with Crippen LogP contribution in [0.15, 0.2) is 12.3 Å². The third kappa shape index (κ3) is 0.995. The molecule has 1 aromatic heterocycles. The van der Waals surface area contributed by atoms with Crippen LogP contribution < -0.4 is 5.73 Å². The lowest BCUT2D eigenvalue weighted by molar-refractivity contribution is -0.119. The second-order valence-corrected chi connectivity index (χ2v) is 3.23. The fraction of sp³-hybridized carbons (Fsp3) is 0.500. The third-order valence-electron chi connectivity index (χ3n) is 2.39. The first kappa shape index (κ1) is 7.34.